The fraction of sp³-hybridized carbons (Fsp3) is 0.500. The Kier molecular flexibility index (Phi) is 7.30. The second-order valence-electron chi connectivity index (χ2n) is 0.519. The normalized spacial score (nSPS) is 5.00. The van der Waals surface area contributed by atoms with Crippen LogP contribution in [0.2, 0.25) is 0 Å². The van der Waals surface area contributed by atoms with Crippen LogP contribution in [0.3, 0.4) is 0 Å². The Bertz CT molecular complexity index is 30.6. The Morgan fingerprint density at radius 1 is 1.80 bits per heavy atom. The maximum Gasteiger partial charge on any atom is 0.300 e. The Labute approximate surface area is 42.9 Å². The second kappa shape index (κ2) is 4.09. The van der Waals surface area contributed by atoms with E-state index in [1.54, 1.807) is 0 Å². The topological polar surface area (TPSA) is 37.3 Å². The fourth-order valence-corrected chi connectivity index (χ4v) is 0. The molecular weight excluding hydrogens is 121 g/mol. The molecule has 0 unspecified atom stereocenters. The van der Waals surface area contributed by atoms with E-state index in [0.717, 1.165) is 6.92 Å². The molecule has 0 aromatic rings. The van der Waals surface area contributed by atoms with Gasteiger partial charge in [-0.2, -0.15) is 0 Å². The van der Waals surface area contributed by atoms with E-state index in [0.29, 0.717) is 0 Å². The predicted molar refractivity (Wildman–Crippen MR) is 13.3 cm³/mol. The molecule has 3 heteroatoms. The molecule has 26 valence electrons. The van der Waals surface area contributed by atoms with Crippen LogP contribution in [0.4, 0.5) is 0 Å². The van der Waals surface area contributed by atoms with Crippen LogP contribution in [0.15, 0.2) is 0 Å². The number of hydrogen-bond donors (Lipinski definition) is 1. The van der Waals surface area contributed by atoms with Gasteiger partial charge in [-0.25, -0.2) is 0 Å². The standard InChI is InChI=1S/C2H4O2.Zn/c1-2(3)4;/h1H3,(H,3,4);. The van der Waals surface area contributed by atoms with E-state index in [4.69, 9.17) is 9.90 Å². The molecule has 0 amide bonds. The minimum atomic E-state index is -0.833. The van der Waals surface area contributed by atoms with Crippen molar-refractivity contribution in [1.82, 2.24) is 0 Å². The molecule has 0 aliphatic rings. The van der Waals surface area contributed by atoms with Crippen molar-refractivity contribution >= 4 is 5.97 Å². The van der Waals surface area contributed by atoms with E-state index in [-0.39, 0.29) is 19.5 Å². The van der Waals surface area contributed by atoms with Crippen LogP contribution in [0.5, 0.6) is 0 Å². The molecule has 0 aromatic carbocycles. The summed E-state index contributed by atoms with van der Waals surface area (Å²) in [5, 5.41) is 7.42. The maximum absolute atomic E-state index is 9.00. The van der Waals surface area contributed by atoms with Crippen molar-refractivity contribution in [2.24, 2.45) is 0 Å². The average Bonchev–Trinajstić information content (AvgIpc) is 0.811. The third kappa shape index (κ3) is 2060. The van der Waals surface area contributed by atoms with Gasteiger partial charge in [-0.3, -0.25) is 4.79 Å². The molecule has 0 bridgehead atoms. The minimum absolute atomic E-state index is 0. The summed E-state index contributed by atoms with van der Waals surface area (Å²) in [6.45, 7) is 1.08. The molecular formula is C2H4O2Zn. The van der Waals surface area contributed by atoms with Crippen molar-refractivity contribution in [3.8, 4) is 0 Å². The third-order valence-electron chi connectivity index (χ3n) is 0. The largest absolute Gasteiger partial charge is 0.481 e. The van der Waals surface area contributed by atoms with Gasteiger partial charge in [0.05, 0.1) is 0 Å². The monoisotopic (exact) mass is 124 g/mol. The molecule has 0 saturated carbocycles. The number of carboxylic acids is 1. The molecule has 0 aliphatic heterocycles. The quantitative estimate of drug-likeness (QED) is 0.466. The third-order valence-corrected chi connectivity index (χ3v) is 0. The zero-order chi connectivity index (χ0) is 3.58. The van der Waals surface area contributed by atoms with E-state index >= 15 is 0 Å². The van der Waals surface area contributed by atoms with Crippen molar-refractivity contribution in [3.05, 3.63) is 0 Å². The van der Waals surface area contributed by atoms with Crippen LogP contribution in [-0.2, 0) is 24.3 Å². The zero-order valence-electron chi connectivity index (χ0n) is 3.06. The van der Waals surface area contributed by atoms with E-state index in [2.05, 4.69) is 0 Å². The fourth-order valence-electron chi connectivity index (χ4n) is 0. The van der Waals surface area contributed by atoms with E-state index < -0.39 is 5.97 Å². The van der Waals surface area contributed by atoms with Crippen LogP contribution in [-0.4, -0.2) is 11.1 Å². The maximum atomic E-state index is 9.00. The Hall–Kier alpha value is 0.0934. The summed E-state index contributed by atoms with van der Waals surface area (Å²) in [6.07, 6.45) is 0. The van der Waals surface area contributed by atoms with Crippen molar-refractivity contribution in [2.45, 2.75) is 6.92 Å². The molecule has 0 spiro atoms. The summed E-state index contributed by atoms with van der Waals surface area (Å²) >= 11 is 0. The van der Waals surface area contributed by atoms with Gasteiger partial charge < -0.3 is 5.11 Å². The van der Waals surface area contributed by atoms with E-state index in [1.807, 2.05) is 0 Å². The average molecular weight is 125 g/mol. The van der Waals surface area contributed by atoms with Crippen LogP contribution in [0.25, 0.3) is 0 Å². The summed E-state index contributed by atoms with van der Waals surface area (Å²) < 4.78 is 0. The van der Waals surface area contributed by atoms with Gasteiger partial charge >= 0.3 is 0 Å². The smallest absolute Gasteiger partial charge is 0.300 e. The summed E-state index contributed by atoms with van der Waals surface area (Å²) in [4.78, 5) is 9.00. The van der Waals surface area contributed by atoms with Gasteiger partial charge in [0, 0.05) is 26.4 Å². The second-order valence-corrected chi connectivity index (χ2v) is 0.519. The number of carbonyl (C=O) groups is 1. The van der Waals surface area contributed by atoms with Crippen molar-refractivity contribution < 1.29 is 29.4 Å². The summed E-state index contributed by atoms with van der Waals surface area (Å²) in [5.74, 6) is -0.833. The first-order valence-electron chi connectivity index (χ1n) is 0.928. The zero-order valence-corrected chi connectivity index (χ0v) is 6.03. The SMILES string of the molecule is CC(=O)O.[Zn]. The van der Waals surface area contributed by atoms with Gasteiger partial charge in [0.1, 0.15) is 0 Å². The predicted octanol–water partition coefficient (Wildman–Crippen LogP) is 0.0884. The van der Waals surface area contributed by atoms with Crippen molar-refractivity contribution in [2.75, 3.05) is 0 Å². The van der Waals surface area contributed by atoms with Gasteiger partial charge in [0.2, 0.25) is 0 Å². The first-order chi connectivity index (χ1) is 1.73. The molecule has 0 saturated heterocycles. The van der Waals surface area contributed by atoms with Crippen LogP contribution in [0.1, 0.15) is 6.92 Å². The van der Waals surface area contributed by atoms with Crippen molar-refractivity contribution in [1.29, 1.82) is 0 Å². The van der Waals surface area contributed by atoms with E-state index in [1.165, 1.54) is 0 Å². The van der Waals surface area contributed by atoms with Crippen molar-refractivity contribution in [3.63, 3.8) is 0 Å². The molecule has 0 radical (unpaired) electrons. The summed E-state index contributed by atoms with van der Waals surface area (Å²) in [5.41, 5.74) is 0. The number of carboxylic acid groups (broad SMARTS) is 1. The molecule has 1 N–H and O–H groups in total. The molecule has 5 heavy (non-hydrogen) atoms. The molecule has 0 aliphatic carbocycles. The Morgan fingerprint density at radius 3 is 1.80 bits per heavy atom. The van der Waals surface area contributed by atoms with Crippen LogP contribution >= 0.6 is 0 Å². The molecule has 0 aromatic heterocycles. The van der Waals surface area contributed by atoms with E-state index in [9.17, 15) is 0 Å². The Balaban J connectivity index is 0. The Morgan fingerprint density at radius 2 is 1.80 bits per heavy atom. The molecule has 0 atom stereocenters. The van der Waals surface area contributed by atoms with Gasteiger partial charge in [0.25, 0.3) is 5.97 Å². The number of hydrogen-bond acceptors (Lipinski definition) is 1. The van der Waals surface area contributed by atoms with Crippen LogP contribution < -0.4 is 0 Å². The summed E-state index contributed by atoms with van der Waals surface area (Å²) in [6, 6.07) is 0. The van der Waals surface area contributed by atoms with Gasteiger partial charge in [-0.1, -0.05) is 0 Å². The molecule has 0 fully saturated rings. The van der Waals surface area contributed by atoms with Gasteiger partial charge in [-0.15, -0.1) is 0 Å². The first-order valence-corrected chi connectivity index (χ1v) is 0.928. The molecule has 0 rings (SSSR count). The van der Waals surface area contributed by atoms with Gasteiger partial charge in [-0.05, 0) is 0 Å². The molecule has 2 nitrogen and oxygen atoms in total. The number of aliphatic carboxylic acids is 1. The number of rotatable bonds is 0. The minimum Gasteiger partial charge on any atom is -0.481 e. The molecule has 0 heterocycles. The van der Waals surface area contributed by atoms with Crippen LogP contribution in [0, 0.1) is 0 Å². The van der Waals surface area contributed by atoms with Gasteiger partial charge in [0.15, 0.2) is 0 Å². The summed E-state index contributed by atoms with van der Waals surface area (Å²) in [7, 11) is 0. The first kappa shape index (κ1) is 8.92.